The molecule has 132 valence electrons. The van der Waals surface area contributed by atoms with Crippen LogP contribution in [0.5, 0.6) is 5.75 Å². The van der Waals surface area contributed by atoms with Crippen molar-refractivity contribution in [2.45, 2.75) is 57.3 Å². The van der Waals surface area contributed by atoms with Crippen molar-refractivity contribution in [2.75, 3.05) is 7.11 Å². The van der Waals surface area contributed by atoms with E-state index in [-0.39, 0.29) is 5.82 Å². The van der Waals surface area contributed by atoms with Gasteiger partial charge in [0.05, 0.1) is 7.11 Å². The van der Waals surface area contributed by atoms with E-state index in [4.69, 9.17) is 4.74 Å². The molecule has 0 aliphatic heterocycles. The van der Waals surface area contributed by atoms with Gasteiger partial charge in [0.15, 0.2) is 11.6 Å². The Labute approximate surface area is 153 Å². The van der Waals surface area contributed by atoms with Crippen LogP contribution in [0.2, 0.25) is 0 Å². The lowest BCUT2D eigenvalue weighted by Gasteiger charge is -2.37. The monoisotopic (exact) mass is 394 g/mol. The van der Waals surface area contributed by atoms with Crippen molar-refractivity contribution < 1.29 is 9.13 Å². The molecule has 2 aliphatic rings. The molecule has 0 aromatic heterocycles. The van der Waals surface area contributed by atoms with E-state index < -0.39 is 0 Å². The fraction of sp³-hybridized carbons (Fsp3) is 0.619. The van der Waals surface area contributed by atoms with Crippen LogP contribution in [0.15, 0.2) is 29.3 Å². The van der Waals surface area contributed by atoms with Crippen molar-refractivity contribution in [1.29, 1.82) is 0 Å². The van der Waals surface area contributed by atoms with E-state index in [1.165, 1.54) is 58.5 Å². The third-order valence-corrected chi connectivity index (χ3v) is 6.55. The molecule has 3 heteroatoms. The van der Waals surface area contributed by atoms with Gasteiger partial charge in [-0.2, -0.15) is 0 Å². The molecule has 1 aromatic rings. The summed E-state index contributed by atoms with van der Waals surface area (Å²) in [5.74, 6) is 3.22. The van der Waals surface area contributed by atoms with Gasteiger partial charge < -0.3 is 4.74 Å². The lowest BCUT2D eigenvalue weighted by atomic mass is 9.68. The Kier molecular flexibility index (Phi) is 6.37. The van der Waals surface area contributed by atoms with Crippen molar-refractivity contribution in [3.63, 3.8) is 0 Å². The van der Waals surface area contributed by atoms with Gasteiger partial charge in [0.1, 0.15) is 0 Å². The van der Waals surface area contributed by atoms with E-state index in [9.17, 15) is 4.39 Å². The van der Waals surface area contributed by atoms with Gasteiger partial charge in [-0.05, 0) is 97.7 Å². The molecule has 0 amide bonds. The number of allylic oxidation sites excluding steroid dienone is 1. The minimum Gasteiger partial charge on any atom is -0.494 e. The van der Waals surface area contributed by atoms with Crippen molar-refractivity contribution in [3.8, 4) is 5.75 Å². The molecule has 0 unspecified atom stereocenters. The summed E-state index contributed by atoms with van der Waals surface area (Å²) < 4.78 is 19.0. The van der Waals surface area contributed by atoms with Gasteiger partial charge in [0.25, 0.3) is 0 Å². The first kappa shape index (κ1) is 18.0. The quantitative estimate of drug-likeness (QED) is 0.543. The first-order chi connectivity index (χ1) is 11.7. The lowest BCUT2D eigenvalue weighted by Crippen LogP contribution is -2.25. The van der Waals surface area contributed by atoms with Gasteiger partial charge >= 0.3 is 0 Å². The highest BCUT2D eigenvalue weighted by atomic mass is 79.9. The standard InChI is InChI=1S/C21H28BrFO/c1-24-21-11-10-19(14-20(21)23)18-8-6-17(7-9-18)16-4-2-15(3-5-16)12-13-22/h10-18H,2-9H2,1H3. The molecule has 0 spiro atoms. The largest absolute Gasteiger partial charge is 0.494 e. The van der Waals surface area contributed by atoms with Crippen LogP contribution < -0.4 is 4.74 Å². The second-order valence-electron chi connectivity index (χ2n) is 7.50. The number of rotatable bonds is 4. The van der Waals surface area contributed by atoms with Gasteiger partial charge in [-0.15, -0.1) is 0 Å². The Morgan fingerprint density at radius 2 is 1.62 bits per heavy atom. The second kappa shape index (κ2) is 8.51. The van der Waals surface area contributed by atoms with Crippen LogP contribution in [0, 0.1) is 23.6 Å². The zero-order valence-corrected chi connectivity index (χ0v) is 16.1. The summed E-state index contributed by atoms with van der Waals surface area (Å²) in [5, 5.41) is 0. The van der Waals surface area contributed by atoms with Gasteiger partial charge in [-0.25, -0.2) is 4.39 Å². The van der Waals surface area contributed by atoms with Crippen molar-refractivity contribution in [3.05, 3.63) is 40.6 Å². The normalized spacial score (nSPS) is 31.3. The van der Waals surface area contributed by atoms with Crippen LogP contribution in [0.25, 0.3) is 0 Å². The topological polar surface area (TPSA) is 9.23 Å². The molecule has 0 bridgehead atoms. The van der Waals surface area contributed by atoms with Crippen LogP contribution >= 0.6 is 15.9 Å². The molecule has 1 aromatic carbocycles. The fourth-order valence-corrected chi connectivity index (χ4v) is 5.20. The maximum absolute atomic E-state index is 13.9. The van der Waals surface area contributed by atoms with E-state index in [0.717, 1.165) is 23.3 Å². The highest BCUT2D eigenvalue weighted by Gasteiger charge is 2.30. The molecule has 3 rings (SSSR count). The third-order valence-electron chi connectivity index (χ3n) is 6.25. The molecular formula is C21H28BrFO. The Morgan fingerprint density at radius 1 is 1.00 bits per heavy atom. The molecular weight excluding hydrogens is 367 g/mol. The highest BCUT2D eigenvalue weighted by molar-refractivity contribution is 9.11. The number of ether oxygens (including phenoxy) is 1. The van der Waals surface area contributed by atoms with Crippen LogP contribution in [-0.4, -0.2) is 7.11 Å². The third kappa shape index (κ3) is 4.22. The van der Waals surface area contributed by atoms with Crippen LogP contribution in [0.4, 0.5) is 4.39 Å². The molecule has 0 radical (unpaired) electrons. The molecule has 1 nitrogen and oxygen atoms in total. The SMILES string of the molecule is COc1ccc(C2CCC(C3CCC(C=CBr)CC3)CC2)cc1F. The van der Waals surface area contributed by atoms with Crippen LogP contribution in [0.3, 0.4) is 0 Å². The number of hydrogen-bond donors (Lipinski definition) is 0. The minimum atomic E-state index is -0.227. The predicted octanol–water partition coefficient (Wildman–Crippen LogP) is 6.82. The second-order valence-corrected chi connectivity index (χ2v) is 8.03. The number of hydrogen-bond acceptors (Lipinski definition) is 1. The Balaban J connectivity index is 1.52. The zero-order valence-electron chi connectivity index (χ0n) is 14.5. The average molecular weight is 395 g/mol. The summed E-state index contributed by atoms with van der Waals surface area (Å²) in [6, 6.07) is 5.50. The Hall–Kier alpha value is -0.830. The fourth-order valence-electron chi connectivity index (χ4n) is 4.77. The summed E-state index contributed by atoms with van der Waals surface area (Å²) in [5.41, 5.74) is 1.15. The van der Waals surface area contributed by atoms with E-state index >= 15 is 0 Å². The van der Waals surface area contributed by atoms with E-state index in [1.54, 1.807) is 12.1 Å². The molecule has 2 fully saturated rings. The van der Waals surface area contributed by atoms with Gasteiger partial charge in [0.2, 0.25) is 0 Å². The van der Waals surface area contributed by atoms with Crippen LogP contribution in [0.1, 0.15) is 62.8 Å². The molecule has 0 saturated heterocycles. The maximum atomic E-state index is 13.9. The summed E-state index contributed by atoms with van der Waals surface area (Å²) in [4.78, 5) is 2.02. The first-order valence-corrected chi connectivity index (χ1v) is 10.2. The minimum absolute atomic E-state index is 0.227. The molecule has 24 heavy (non-hydrogen) atoms. The Bertz CT molecular complexity index is 555. The first-order valence-electron chi connectivity index (χ1n) is 9.31. The summed E-state index contributed by atoms with van der Waals surface area (Å²) >= 11 is 3.40. The maximum Gasteiger partial charge on any atom is 0.165 e. The molecule has 0 N–H and O–H groups in total. The zero-order chi connectivity index (χ0) is 16.9. The van der Waals surface area contributed by atoms with Gasteiger partial charge in [-0.1, -0.05) is 28.1 Å². The van der Waals surface area contributed by atoms with E-state index in [1.807, 2.05) is 11.1 Å². The molecule has 2 saturated carbocycles. The van der Waals surface area contributed by atoms with E-state index in [2.05, 4.69) is 22.0 Å². The summed E-state index contributed by atoms with van der Waals surface area (Å²) in [7, 11) is 1.52. The average Bonchev–Trinajstić information content (AvgIpc) is 2.63. The van der Waals surface area contributed by atoms with Crippen molar-refractivity contribution >= 4 is 15.9 Å². The van der Waals surface area contributed by atoms with E-state index in [0.29, 0.717) is 11.7 Å². The van der Waals surface area contributed by atoms with Crippen LogP contribution in [-0.2, 0) is 0 Å². The predicted molar refractivity (Wildman–Crippen MR) is 101 cm³/mol. The Morgan fingerprint density at radius 3 is 2.17 bits per heavy atom. The number of methoxy groups -OCH3 is 1. The summed E-state index contributed by atoms with van der Waals surface area (Å²) in [6.45, 7) is 0. The lowest BCUT2D eigenvalue weighted by molar-refractivity contribution is 0.171. The molecule has 2 aliphatic carbocycles. The summed E-state index contributed by atoms with van der Waals surface area (Å²) in [6.07, 6.45) is 12.8. The van der Waals surface area contributed by atoms with Crippen molar-refractivity contribution in [2.24, 2.45) is 17.8 Å². The van der Waals surface area contributed by atoms with Gasteiger partial charge in [0, 0.05) is 0 Å². The number of benzene rings is 1. The highest BCUT2D eigenvalue weighted by Crippen LogP contribution is 2.44. The van der Waals surface area contributed by atoms with Gasteiger partial charge in [-0.3, -0.25) is 0 Å². The number of halogens is 2. The molecule has 0 atom stereocenters. The molecule has 0 heterocycles. The van der Waals surface area contributed by atoms with Crippen molar-refractivity contribution in [1.82, 2.24) is 0 Å². The smallest absolute Gasteiger partial charge is 0.165 e.